The van der Waals surface area contributed by atoms with Crippen molar-refractivity contribution < 1.29 is 0 Å². The Balaban J connectivity index is 1.78. The predicted molar refractivity (Wildman–Crippen MR) is 94.4 cm³/mol. The first-order valence-electron chi connectivity index (χ1n) is 8.20. The third-order valence-corrected chi connectivity index (χ3v) is 4.96. The van der Waals surface area contributed by atoms with Crippen LogP contribution in [0.15, 0.2) is 35.7 Å². The maximum Gasteiger partial charge on any atom is 0.169 e. The molecule has 122 valence electrons. The van der Waals surface area contributed by atoms with Crippen LogP contribution in [0.2, 0.25) is 0 Å². The molecule has 0 radical (unpaired) electrons. The van der Waals surface area contributed by atoms with E-state index in [2.05, 4.69) is 39.8 Å². The summed E-state index contributed by atoms with van der Waals surface area (Å²) in [6.45, 7) is 3.27. The Bertz CT molecular complexity index is 761. The van der Waals surface area contributed by atoms with Crippen molar-refractivity contribution in [3.05, 3.63) is 36.4 Å². The molecule has 0 saturated heterocycles. The molecule has 2 aromatic heterocycles. The summed E-state index contributed by atoms with van der Waals surface area (Å²) in [5.41, 5.74) is 2.30. The van der Waals surface area contributed by atoms with Gasteiger partial charge in [0.05, 0.1) is 16.8 Å². The van der Waals surface area contributed by atoms with E-state index in [1.54, 1.807) is 18.1 Å². The summed E-state index contributed by atoms with van der Waals surface area (Å²) in [6, 6.07) is 8.39. The van der Waals surface area contributed by atoms with Crippen LogP contribution >= 0.6 is 11.8 Å². The van der Waals surface area contributed by atoms with Crippen LogP contribution in [0.3, 0.4) is 0 Å². The van der Waals surface area contributed by atoms with Gasteiger partial charge >= 0.3 is 0 Å². The number of fused-ring (bicyclic) bond motifs is 1. The molecule has 0 N–H and O–H groups in total. The Morgan fingerprint density at radius 2 is 2.00 bits per heavy atom. The van der Waals surface area contributed by atoms with Crippen LogP contribution in [0.25, 0.3) is 11.0 Å². The van der Waals surface area contributed by atoms with Crippen LogP contribution in [0.1, 0.15) is 38.4 Å². The van der Waals surface area contributed by atoms with E-state index in [4.69, 9.17) is 4.98 Å². The fourth-order valence-corrected chi connectivity index (χ4v) is 3.68. The summed E-state index contributed by atoms with van der Waals surface area (Å²) < 4.78 is 4.17. The number of unbranched alkanes of at least 4 members (excludes halogenated alkanes) is 3. The number of aromatic nitrogens is 5. The van der Waals surface area contributed by atoms with Gasteiger partial charge in [-0.05, 0) is 18.6 Å². The molecule has 1 aromatic carbocycles. The molecule has 23 heavy (non-hydrogen) atoms. The van der Waals surface area contributed by atoms with Crippen molar-refractivity contribution in [2.75, 3.05) is 0 Å². The van der Waals surface area contributed by atoms with Gasteiger partial charge < -0.3 is 4.57 Å². The topological polar surface area (TPSA) is 48.5 Å². The van der Waals surface area contributed by atoms with Crippen LogP contribution in [0.5, 0.6) is 0 Å². The smallest absolute Gasteiger partial charge is 0.169 e. The first kappa shape index (κ1) is 16.1. The fourth-order valence-electron chi connectivity index (χ4n) is 2.66. The molecule has 6 heteroatoms. The summed E-state index contributed by atoms with van der Waals surface area (Å²) in [4.78, 5) is 9.10. The van der Waals surface area contributed by atoms with E-state index in [1.807, 2.05) is 17.8 Å². The van der Waals surface area contributed by atoms with Gasteiger partial charge in [0.2, 0.25) is 0 Å². The lowest BCUT2D eigenvalue weighted by atomic mass is 10.2. The Labute approximate surface area is 141 Å². The lowest BCUT2D eigenvalue weighted by Crippen LogP contribution is -2.02. The van der Waals surface area contributed by atoms with Crippen LogP contribution in [0, 0.1) is 0 Å². The summed E-state index contributed by atoms with van der Waals surface area (Å²) in [5, 5.41) is 5.20. The molecule has 5 nitrogen and oxygen atoms in total. The highest BCUT2D eigenvalue weighted by Crippen LogP contribution is 2.26. The van der Waals surface area contributed by atoms with E-state index >= 15 is 0 Å². The van der Waals surface area contributed by atoms with Crippen molar-refractivity contribution in [2.24, 2.45) is 7.05 Å². The molecule has 0 atom stereocenters. The molecule has 3 aromatic rings. The van der Waals surface area contributed by atoms with E-state index in [0.717, 1.165) is 28.8 Å². The molecule has 0 aliphatic heterocycles. The zero-order valence-corrected chi connectivity index (χ0v) is 14.6. The van der Waals surface area contributed by atoms with Gasteiger partial charge in [-0.1, -0.05) is 50.1 Å². The summed E-state index contributed by atoms with van der Waals surface area (Å²) in [6.07, 6.45) is 6.64. The minimum absolute atomic E-state index is 0.786. The van der Waals surface area contributed by atoms with Gasteiger partial charge in [0.15, 0.2) is 5.16 Å². The minimum atomic E-state index is 0.786. The second kappa shape index (κ2) is 7.64. The summed E-state index contributed by atoms with van der Waals surface area (Å²) >= 11 is 1.74. The van der Waals surface area contributed by atoms with Crippen molar-refractivity contribution in [1.29, 1.82) is 0 Å². The van der Waals surface area contributed by atoms with E-state index < -0.39 is 0 Å². The zero-order chi connectivity index (χ0) is 16.1. The Morgan fingerprint density at radius 1 is 1.13 bits per heavy atom. The van der Waals surface area contributed by atoms with Gasteiger partial charge in [-0.2, -0.15) is 5.10 Å². The van der Waals surface area contributed by atoms with Crippen molar-refractivity contribution in [2.45, 2.75) is 50.1 Å². The third-order valence-electron chi connectivity index (χ3n) is 3.99. The van der Waals surface area contributed by atoms with Crippen LogP contribution in [0.4, 0.5) is 0 Å². The Morgan fingerprint density at radius 3 is 2.78 bits per heavy atom. The fraction of sp³-hybridized carbons (Fsp3) is 0.471. The highest BCUT2D eigenvalue weighted by atomic mass is 32.2. The third kappa shape index (κ3) is 3.75. The number of thioether (sulfide) groups is 1. The molecule has 0 aliphatic carbocycles. The second-order valence-electron chi connectivity index (χ2n) is 5.68. The minimum Gasteiger partial charge on any atom is -0.319 e. The zero-order valence-electron chi connectivity index (χ0n) is 13.8. The average molecular weight is 329 g/mol. The first-order valence-corrected chi connectivity index (χ1v) is 9.19. The number of para-hydroxylation sites is 2. The Hall–Kier alpha value is -1.82. The lowest BCUT2D eigenvalue weighted by molar-refractivity contribution is 0.563. The second-order valence-corrected chi connectivity index (χ2v) is 6.63. The number of nitrogens with zero attached hydrogens (tertiary/aromatic N) is 5. The first-order chi connectivity index (χ1) is 11.3. The number of aryl methyl sites for hydroxylation is 2. The molecule has 0 amide bonds. The monoisotopic (exact) mass is 329 g/mol. The summed E-state index contributed by atoms with van der Waals surface area (Å²) in [5.74, 6) is 1.76. The molecule has 0 fully saturated rings. The molecular formula is C17H23N5S. The standard InChI is InChI=1S/C17H23N5S/c1-3-4-5-8-11-22-15-10-7-6-9-14(15)20-17(22)23-12-16-18-13-19-21(16)2/h6-7,9-10,13H,3-5,8,11-12H2,1-2H3. The van der Waals surface area contributed by atoms with Gasteiger partial charge in [0, 0.05) is 13.6 Å². The lowest BCUT2D eigenvalue weighted by Gasteiger charge is -2.08. The van der Waals surface area contributed by atoms with Crippen LogP contribution < -0.4 is 0 Å². The van der Waals surface area contributed by atoms with Crippen molar-refractivity contribution in [3.63, 3.8) is 0 Å². The maximum atomic E-state index is 4.81. The van der Waals surface area contributed by atoms with E-state index in [0.29, 0.717) is 0 Å². The molecule has 0 saturated carbocycles. The number of benzene rings is 1. The summed E-state index contributed by atoms with van der Waals surface area (Å²) in [7, 11) is 1.93. The number of rotatable bonds is 8. The highest BCUT2D eigenvalue weighted by Gasteiger charge is 2.12. The molecular weight excluding hydrogens is 306 g/mol. The van der Waals surface area contributed by atoms with E-state index in [9.17, 15) is 0 Å². The van der Waals surface area contributed by atoms with Gasteiger partial charge in [0.1, 0.15) is 12.2 Å². The van der Waals surface area contributed by atoms with Crippen LogP contribution in [-0.4, -0.2) is 24.3 Å². The quantitative estimate of drug-likeness (QED) is 0.462. The van der Waals surface area contributed by atoms with Crippen LogP contribution in [-0.2, 0) is 19.3 Å². The number of hydrogen-bond donors (Lipinski definition) is 0. The van der Waals surface area contributed by atoms with E-state index in [-0.39, 0.29) is 0 Å². The van der Waals surface area contributed by atoms with Gasteiger partial charge in [-0.25, -0.2) is 9.97 Å². The van der Waals surface area contributed by atoms with E-state index in [1.165, 1.54) is 31.2 Å². The van der Waals surface area contributed by atoms with Gasteiger partial charge in [0.25, 0.3) is 0 Å². The normalized spacial score (nSPS) is 11.4. The predicted octanol–water partition coefficient (Wildman–Crippen LogP) is 4.04. The van der Waals surface area contributed by atoms with Crippen molar-refractivity contribution in [1.82, 2.24) is 24.3 Å². The molecule has 3 rings (SSSR count). The highest BCUT2D eigenvalue weighted by molar-refractivity contribution is 7.98. The molecule has 0 unspecified atom stereocenters. The molecule has 0 spiro atoms. The maximum absolute atomic E-state index is 4.81. The molecule has 0 aliphatic rings. The SMILES string of the molecule is CCCCCCn1c(SCc2ncnn2C)nc2ccccc21. The van der Waals surface area contributed by atoms with Gasteiger partial charge in [-0.15, -0.1) is 0 Å². The molecule has 2 heterocycles. The average Bonchev–Trinajstić information content (AvgIpc) is 3.13. The Kier molecular flexibility index (Phi) is 5.33. The number of hydrogen-bond acceptors (Lipinski definition) is 4. The molecule has 0 bridgehead atoms. The van der Waals surface area contributed by atoms with Crippen molar-refractivity contribution >= 4 is 22.8 Å². The van der Waals surface area contributed by atoms with Gasteiger partial charge in [-0.3, -0.25) is 4.68 Å². The largest absolute Gasteiger partial charge is 0.319 e. The van der Waals surface area contributed by atoms with Crippen molar-refractivity contribution in [3.8, 4) is 0 Å². The number of imidazole rings is 1.